The smallest absolute Gasteiger partial charge is 0.311 e. The summed E-state index contributed by atoms with van der Waals surface area (Å²) in [5, 5.41) is 42.4. The molecule has 0 aliphatic heterocycles. The molecule has 0 saturated carbocycles. The topological polar surface area (TPSA) is 153 Å². The van der Waals surface area contributed by atoms with Gasteiger partial charge in [0.25, 0.3) is 0 Å². The number of para-hydroxylation sites is 1. The number of aliphatic hydroxyl groups is 2. The highest BCUT2D eigenvalue weighted by Gasteiger charge is 2.25. The van der Waals surface area contributed by atoms with Gasteiger partial charge in [-0.1, -0.05) is 17.2 Å². The van der Waals surface area contributed by atoms with Crippen molar-refractivity contribution in [2.45, 2.75) is 12.2 Å². The number of hydrogen-bond acceptors (Lipinski definition) is 6. The van der Waals surface area contributed by atoms with Crippen LogP contribution in [0, 0.1) is 10.1 Å². The number of phenolic OH excluding ortho intramolecular Hbond substituents is 1. The second kappa shape index (κ2) is 5.82. The van der Waals surface area contributed by atoms with Crippen LogP contribution in [0.1, 0.15) is 11.7 Å². The molecule has 0 spiro atoms. The number of aliphatic hydroxyl groups excluding tert-OH is 2. The van der Waals surface area contributed by atoms with Crippen molar-refractivity contribution in [3.8, 4) is 5.75 Å². The molecular formula is C9H10N4O5. The van der Waals surface area contributed by atoms with Gasteiger partial charge < -0.3 is 15.3 Å². The van der Waals surface area contributed by atoms with Gasteiger partial charge in [-0.05, 0) is 5.53 Å². The Balaban J connectivity index is 3.05. The van der Waals surface area contributed by atoms with Gasteiger partial charge in [0.05, 0.1) is 17.6 Å². The quantitative estimate of drug-likeness (QED) is 0.235. The van der Waals surface area contributed by atoms with Crippen molar-refractivity contribution in [1.29, 1.82) is 0 Å². The zero-order chi connectivity index (χ0) is 13.7. The first-order valence-electron chi connectivity index (χ1n) is 4.82. The molecule has 0 aliphatic carbocycles. The predicted molar refractivity (Wildman–Crippen MR) is 59.7 cm³/mol. The fourth-order valence-corrected chi connectivity index (χ4v) is 1.36. The molecule has 0 amide bonds. The second-order valence-electron chi connectivity index (χ2n) is 3.40. The average molecular weight is 254 g/mol. The van der Waals surface area contributed by atoms with Crippen molar-refractivity contribution in [2.75, 3.05) is 6.54 Å². The highest BCUT2D eigenvalue weighted by Crippen LogP contribution is 2.34. The lowest BCUT2D eigenvalue weighted by atomic mass is 10.0. The molecule has 96 valence electrons. The summed E-state index contributed by atoms with van der Waals surface area (Å²) < 4.78 is 0. The summed E-state index contributed by atoms with van der Waals surface area (Å²) >= 11 is 0. The molecule has 9 nitrogen and oxygen atoms in total. The maximum absolute atomic E-state index is 10.6. The number of hydrogen-bond donors (Lipinski definition) is 3. The van der Waals surface area contributed by atoms with E-state index in [4.69, 9.17) is 5.53 Å². The van der Waals surface area contributed by atoms with Crippen LogP contribution in [-0.2, 0) is 0 Å². The molecule has 9 heteroatoms. The molecule has 1 aromatic rings. The number of benzene rings is 1. The van der Waals surface area contributed by atoms with Gasteiger partial charge in [0.1, 0.15) is 6.10 Å². The zero-order valence-electron chi connectivity index (χ0n) is 9.04. The Hall–Kier alpha value is -2.35. The second-order valence-corrected chi connectivity index (χ2v) is 3.40. The summed E-state index contributed by atoms with van der Waals surface area (Å²) in [6.07, 6.45) is -3.05. The van der Waals surface area contributed by atoms with Crippen LogP contribution >= 0.6 is 0 Å². The van der Waals surface area contributed by atoms with E-state index in [0.717, 1.165) is 6.07 Å². The minimum Gasteiger partial charge on any atom is -0.502 e. The van der Waals surface area contributed by atoms with Gasteiger partial charge in [0, 0.05) is 16.5 Å². The van der Waals surface area contributed by atoms with Crippen molar-refractivity contribution in [2.24, 2.45) is 5.11 Å². The molecule has 1 aromatic carbocycles. The number of aromatic hydroxyl groups is 1. The van der Waals surface area contributed by atoms with E-state index in [1.54, 1.807) is 0 Å². The van der Waals surface area contributed by atoms with Gasteiger partial charge >= 0.3 is 5.69 Å². The van der Waals surface area contributed by atoms with E-state index in [2.05, 4.69) is 10.0 Å². The van der Waals surface area contributed by atoms with Gasteiger partial charge in [-0.3, -0.25) is 10.1 Å². The molecule has 0 aromatic heterocycles. The number of nitro benzene ring substituents is 1. The third-order valence-corrected chi connectivity index (χ3v) is 2.26. The minimum absolute atomic E-state index is 0.204. The maximum Gasteiger partial charge on any atom is 0.311 e. The highest BCUT2D eigenvalue weighted by atomic mass is 16.6. The number of nitrogens with zero attached hydrogens (tertiary/aromatic N) is 4. The van der Waals surface area contributed by atoms with E-state index in [1.165, 1.54) is 12.1 Å². The molecule has 0 aliphatic rings. The number of rotatable bonds is 5. The Bertz CT molecular complexity index is 500. The van der Waals surface area contributed by atoms with Crippen molar-refractivity contribution in [3.05, 3.63) is 44.3 Å². The predicted octanol–water partition coefficient (Wildman–Crippen LogP) is 1.00. The molecule has 2 atom stereocenters. The maximum atomic E-state index is 10.6. The van der Waals surface area contributed by atoms with Gasteiger partial charge in [0.2, 0.25) is 0 Å². The van der Waals surface area contributed by atoms with E-state index in [-0.39, 0.29) is 5.56 Å². The van der Waals surface area contributed by atoms with Crippen LogP contribution in [0.2, 0.25) is 0 Å². The van der Waals surface area contributed by atoms with Crippen LogP contribution in [0.25, 0.3) is 10.4 Å². The van der Waals surface area contributed by atoms with Gasteiger partial charge in [-0.25, -0.2) is 0 Å². The highest BCUT2D eigenvalue weighted by molar-refractivity contribution is 5.51. The Kier molecular flexibility index (Phi) is 4.44. The van der Waals surface area contributed by atoms with Crippen LogP contribution in [0.15, 0.2) is 23.3 Å². The van der Waals surface area contributed by atoms with E-state index in [0.29, 0.717) is 0 Å². The van der Waals surface area contributed by atoms with Crippen molar-refractivity contribution in [1.82, 2.24) is 0 Å². The van der Waals surface area contributed by atoms with Crippen LogP contribution in [0.5, 0.6) is 5.75 Å². The summed E-state index contributed by atoms with van der Waals surface area (Å²) in [7, 11) is 0. The van der Waals surface area contributed by atoms with E-state index >= 15 is 0 Å². The van der Waals surface area contributed by atoms with Crippen LogP contribution in [0.3, 0.4) is 0 Å². The number of phenols is 1. The fraction of sp³-hybridized carbons (Fsp3) is 0.333. The van der Waals surface area contributed by atoms with Crippen molar-refractivity contribution < 1.29 is 20.2 Å². The lowest BCUT2D eigenvalue weighted by Gasteiger charge is -2.16. The Morgan fingerprint density at radius 2 is 2.17 bits per heavy atom. The van der Waals surface area contributed by atoms with Crippen molar-refractivity contribution >= 4 is 5.69 Å². The van der Waals surface area contributed by atoms with Crippen LogP contribution < -0.4 is 0 Å². The molecule has 1 rings (SSSR count). The molecule has 18 heavy (non-hydrogen) atoms. The standard InChI is InChI=1S/C9H10N4O5/c10-12-11-4-7(14)9(16)5-2-1-3-6(8(5)15)13(17)18/h1-3,7,9,14-16H,4H2. The normalized spacial score (nSPS) is 13.4. The van der Waals surface area contributed by atoms with E-state index in [9.17, 15) is 25.4 Å². The number of nitro groups is 1. The van der Waals surface area contributed by atoms with Crippen LogP contribution in [-0.4, -0.2) is 32.9 Å². The van der Waals surface area contributed by atoms with Gasteiger partial charge in [-0.2, -0.15) is 0 Å². The fourth-order valence-electron chi connectivity index (χ4n) is 1.36. The lowest BCUT2D eigenvalue weighted by molar-refractivity contribution is -0.386. The van der Waals surface area contributed by atoms with Gasteiger partial charge in [0.15, 0.2) is 5.75 Å². The molecule has 0 radical (unpaired) electrons. The Labute approximate surface area is 101 Å². The summed E-state index contributed by atoms with van der Waals surface area (Å²) in [6, 6.07) is 3.55. The summed E-state index contributed by atoms with van der Waals surface area (Å²) in [4.78, 5) is 12.2. The van der Waals surface area contributed by atoms with Crippen molar-refractivity contribution in [3.63, 3.8) is 0 Å². The molecule has 0 bridgehead atoms. The third kappa shape index (κ3) is 2.86. The first kappa shape index (κ1) is 13.7. The average Bonchev–Trinajstić information content (AvgIpc) is 2.35. The monoisotopic (exact) mass is 254 g/mol. The van der Waals surface area contributed by atoms with E-state index in [1.807, 2.05) is 0 Å². The summed E-state index contributed by atoms with van der Waals surface area (Å²) in [5.74, 6) is -0.727. The third-order valence-electron chi connectivity index (χ3n) is 2.26. The Morgan fingerprint density at radius 3 is 2.72 bits per heavy atom. The molecule has 0 heterocycles. The molecule has 2 unspecified atom stereocenters. The first-order valence-corrected chi connectivity index (χ1v) is 4.82. The summed E-state index contributed by atoms with van der Waals surface area (Å²) in [6.45, 7) is -0.417. The first-order chi connectivity index (χ1) is 8.49. The molecule has 0 fully saturated rings. The van der Waals surface area contributed by atoms with Gasteiger partial charge in [-0.15, -0.1) is 0 Å². The zero-order valence-corrected chi connectivity index (χ0v) is 9.04. The molecule has 3 N–H and O–H groups in total. The lowest BCUT2D eigenvalue weighted by Crippen LogP contribution is -2.21. The minimum atomic E-state index is -1.59. The van der Waals surface area contributed by atoms with Crippen LogP contribution in [0.4, 0.5) is 5.69 Å². The number of azide groups is 1. The Morgan fingerprint density at radius 1 is 1.50 bits per heavy atom. The molecular weight excluding hydrogens is 244 g/mol. The SMILES string of the molecule is [N-]=[N+]=NCC(O)C(O)c1cccc([N+](=O)[O-])c1O. The largest absolute Gasteiger partial charge is 0.502 e. The molecule has 0 saturated heterocycles. The summed E-state index contributed by atoms with van der Waals surface area (Å²) in [5.41, 5.74) is 7.28. The van der Waals surface area contributed by atoms with E-state index < -0.39 is 35.1 Å².